The number of carbonyl (C=O) groups excluding carboxylic acids is 1. The van der Waals surface area contributed by atoms with Gasteiger partial charge in [0.2, 0.25) is 0 Å². The third-order valence-corrected chi connectivity index (χ3v) is 5.35. The molecule has 1 heterocycles. The van der Waals surface area contributed by atoms with Crippen molar-refractivity contribution >= 4 is 23.5 Å². The SMILES string of the molecule is CC(NC(=O)Nc1ccccc1CN1CCSCC1)c1ccccc1. The van der Waals surface area contributed by atoms with Gasteiger partial charge in [0.1, 0.15) is 0 Å². The standard InChI is InChI=1S/C20H25N3OS/c1-16(17-7-3-2-4-8-17)21-20(24)22-19-10-6-5-9-18(19)15-23-11-13-25-14-12-23/h2-10,16H,11-15H2,1H3,(H2,21,22,24). The summed E-state index contributed by atoms with van der Waals surface area (Å²) in [7, 11) is 0. The van der Waals surface area contributed by atoms with Gasteiger partial charge >= 0.3 is 6.03 Å². The van der Waals surface area contributed by atoms with E-state index < -0.39 is 0 Å². The summed E-state index contributed by atoms with van der Waals surface area (Å²) < 4.78 is 0. The molecule has 2 amide bonds. The van der Waals surface area contributed by atoms with Gasteiger partial charge in [-0.25, -0.2) is 4.79 Å². The van der Waals surface area contributed by atoms with Crippen LogP contribution >= 0.6 is 11.8 Å². The molecule has 2 aromatic carbocycles. The first-order valence-corrected chi connectivity index (χ1v) is 9.88. The molecule has 1 unspecified atom stereocenters. The maximum Gasteiger partial charge on any atom is 0.319 e. The van der Waals surface area contributed by atoms with E-state index in [0.29, 0.717) is 0 Å². The van der Waals surface area contributed by atoms with Crippen molar-refractivity contribution in [3.05, 3.63) is 65.7 Å². The highest BCUT2D eigenvalue weighted by atomic mass is 32.2. The fraction of sp³-hybridized carbons (Fsp3) is 0.350. The Kier molecular flexibility index (Phi) is 6.36. The van der Waals surface area contributed by atoms with E-state index in [1.165, 1.54) is 11.5 Å². The van der Waals surface area contributed by atoms with Gasteiger partial charge < -0.3 is 10.6 Å². The zero-order chi connectivity index (χ0) is 17.5. The normalized spacial score (nSPS) is 16.2. The van der Waals surface area contributed by atoms with E-state index in [9.17, 15) is 4.79 Å². The van der Waals surface area contributed by atoms with Gasteiger partial charge in [0.15, 0.2) is 0 Å². The summed E-state index contributed by atoms with van der Waals surface area (Å²) in [5, 5.41) is 6.03. The van der Waals surface area contributed by atoms with Gasteiger partial charge in [-0.05, 0) is 24.1 Å². The third kappa shape index (κ3) is 5.25. The summed E-state index contributed by atoms with van der Waals surface area (Å²) in [6.07, 6.45) is 0. The van der Waals surface area contributed by atoms with Crippen LogP contribution in [0.3, 0.4) is 0 Å². The average molecular weight is 356 g/mol. The van der Waals surface area contributed by atoms with E-state index >= 15 is 0 Å². The number of rotatable bonds is 5. The molecule has 0 aromatic heterocycles. The van der Waals surface area contributed by atoms with Gasteiger partial charge in [0.25, 0.3) is 0 Å². The van der Waals surface area contributed by atoms with Crippen molar-refractivity contribution in [3.8, 4) is 0 Å². The molecule has 3 rings (SSSR count). The van der Waals surface area contributed by atoms with Crippen LogP contribution in [0.1, 0.15) is 24.1 Å². The maximum absolute atomic E-state index is 12.4. The number of carbonyl (C=O) groups is 1. The van der Waals surface area contributed by atoms with E-state index in [2.05, 4.69) is 21.6 Å². The lowest BCUT2D eigenvalue weighted by Crippen LogP contribution is -2.33. The zero-order valence-corrected chi connectivity index (χ0v) is 15.4. The van der Waals surface area contributed by atoms with Crippen molar-refractivity contribution in [1.82, 2.24) is 10.2 Å². The van der Waals surface area contributed by atoms with Crippen molar-refractivity contribution in [3.63, 3.8) is 0 Å². The molecule has 0 spiro atoms. The van der Waals surface area contributed by atoms with Crippen molar-refractivity contribution in [2.45, 2.75) is 19.5 Å². The molecule has 132 valence electrons. The Bertz CT molecular complexity index is 686. The zero-order valence-electron chi connectivity index (χ0n) is 14.6. The van der Waals surface area contributed by atoms with E-state index in [4.69, 9.17) is 0 Å². The maximum atomic E-state index is 12.4. The number of nitrogens with one attached hydrogen (secondary N) is 2. The minimum absolute atomic E-state index is 0.0347. The third-order valence-electron chi connectivity index (χ3n) is 4.41. The van der Waals surface area contributed by atoms with E-state index in [-0.39, 0.29) is 12.1 Å². The molecule has 1 fully saturated rings. The van der Waals surface area contributed by atoms with E-state index in [1.807, 2.05) is 67.2 Å². The summed E-state index contributed by atoms with van der Waals surface area (Å²) in [6.45, 7) is 5.09. The molecule has 0 saturated carbocycles. The number of anilines is 1. The average Bonchev–Trinajstić information content (AvgIpc) is 2.65. The minimum Gasteiger partial charge on any atom is -0.331 e. The van der Waals surface area contributed by atoms with Crippen LogP contribution in [-0.4, -0.2) is 35.5 Å². The number of hydrogen-bond acceptors (Lipinski definition) is 3. The Morgan fingerprint density at radius 1 is 1.08 bits per heavy atom. The topological polar surface area (TPSA) is 44.4 Å². The predicted molar refractivity (Wildman–Crippen MR) is 106 cm³/mol. The second-order valence-corrected chi connectivity index (χ2v) is 7.50. The van der Waals surface area contributed by atoms with Crippen LogP contribution in [0.25, 0.3) is 0 Å². The highest BCUT2D eigenvalue weighted by Crippen LogP contribution is 2.20. The number of benzene rings is 2. The first kappa shape index (κ1) is 17.8. The van der Waals surface area contributed by atoms with Gasteiger partial charge in [-0.2, -0.15) is 11.8 Å². The van der Waals surface area contributed by atoms with Crippen LogP contribution in [0.5, 0.6) is 0 Å². The highest BCUT2D eigenvalue weighted by Gasteiger charge is 2.14. The van der Waals surface area contributed by atoms with Gasteiger partial charge in [0.05, 0.1) is 6.04 Å². The number of urea groups is 1. The number of thioether (sulfide) groups is 1. The Balaban J connectivity index is 1.61. The van der Waals surface area contributed by atoms with Crippen LogP contribution in [0.4, 0.5) is 10.5 Å². The summed E-state index contributed by atoms with van der Waals surface area (Å²) >= 11 is 2.01. The van der Waals surface area contributed by atoms with Crippen LogP contribution in [0.2, 0.25) is 0 Å². The van der Waals surface area contributed by atoms with Crippen molar-refractivity contribution < 1.29 is 4.79 Å². The lowest BCUT2D eigenvalue weighted by atomic mass is 10.1. The van der Waals surface area contributed by atoms with Gasteiger partial charge in [-0.15, -0.1) is 0 Å². The fourth-order valence-electron chi connectivity index (χ4n) is 2.96. The Morgan fingerprint density at radius 2 is 1.76 bits per heavy atom. The van der Waals surface area contributed by atoms with Crippen LogP contribution in [-0.2, 0) is 6.54 Å². The Hall–Kier alpha value is -1.98. The molecule has 0 radical (unpaired) electrons. The fourth-order valence-corrected chi connectivity index (χ4v) is 3.94. The second kappa shape index (κ2) is 8.92. The molecular weight excluding hydrogens is 330 g/mol. The minimum atomic E-state index is -0.169. The lowest BCUT2D eigenvalue weighted by molar-refractivity contribution is 0.249. The summed E-state index contributed by atoms with van der Waals surface area (Å²) in [5.41, 5.74) is 3.15. The molecule has 4 nitrogen and oxygen atoms in total. The first-order chi connectivity index (χ1) is 12.2. The highest BCUT2D eigenvalue weighted by molar-refractivity contribution is 7.99. The van der Waals surface area contributed by atoms with Gasteiger partial charge in [-0.1, -0.05) is 48.5 Å². The molecule has 25 heavy (non-hydrogen) atoms. The van der Waals surface area contributed by atoms with Gasteiger partial charge in [-0.3, -0.25) is 4.90 Å². The van der Waals surface area contributed by atoms with Gasteiger partial charge in [0, 0.05) is 36.8 Å². The molecule has 5 heteroatoms. The van der Waals surface area contributed by atoms with Crippen LogP contribution in [0.15, 0.2) is 54.6 Å². The molecular formula is C20H25N3OS. The quantitative estimate of drug-likeness (QED) is 0.848. The number of para-hydroxylation sites is 1. The Labute approximate surface area is 154 Å². The van der Waals surface area contributed by atoms with Crippen LogP contribution < -0.4 is 10.6 Å². The van der Waals surface area contributed by atoms with Crippen molar-refractivity contribution in [1.29, 1.82) is 0 Å². The smallest absolute Gasteiger partial charge is 0.319 e. The molecule has 1 saturated heterocycles. The van der Waals surface area contributed by atoms with Crippen LogP contribution in [0, 0.1) is 0 Å². The summed E-state index contributed by atoms with van der Waals surface area (Å²) in [5.74, 6) is 2.37. The molecule has 1 atom stereocenters. The number of hydrogen-bond donors (Lipinski definition) is 2. The largest absolute Gasteiger partial charge is 0.331 e. The van der Waals surface area contributed by atoms with Crippen molar-refractivity contribution in [2.75, 3.05) is 29.9 Å². The monoisotopic (exact) mass is 355 g/mol. The number of amides is 2. The molecule has 2 aromatic rings. The molecule has 2 N–H and O–H groups in total. The van der Waals surface area contributed by atoms with E-state index in [0.717, 1.165) is 36.4 Å². The molecule has 0 aliphatic carbocycles. The summed E-state index contributed by atoms with van der Waals surface area (Å²) in [4.78, 5) is 14.8. The van der Waals surface area contributed by atoms with E-state index in [1.54, 1.807) is 0 Å². The van der Waals surface area contributed by atoms with Crippen molar-refractivity contribution in [2.24, 2.45) is 0 Å². The second-order valence-electron chi connectivity index (χ2n) is 6.28. The Morgan fingerprint density at radius 3 is 2.52 bits per heavy atom. The summed E-state index contributed by atoms with van der Waals surface area (Å²) in [6, 6.07) is 17.8. The molecule has 1 aliphatic rings. The predicted octanol–water partition coefficient (Wildman–Crippen LogP) is 4.12. The first-order valence-electron chi connectivity index (χ1n) is 8.73. The lowest BCUT2D eigenvalue weighted by Gasteiger charge is -2.27. The molecule has 0 bridgehead atoms. The molecule has 1 aliphatic heterocycles. The number of nitrogens with zero attached hydrogens (tertiary/aromatic N) is 1.